The summed E-state index contributed by atoms with van der Waals surface area (Å²) in [6.45, 7) is 11.8. The monoisotopic (exact) mass is 348 g/mol. The number of benzene rings is 2. The van der Waals surface area contributed by atoms with Crippen molar-refractivity contribution in [3.8, 4) is 5.75 Å². The Kier molecular flexibility index (Phi) is 4.73. The second-order valence-corrected chi connectivity index (χ2v) is 7.24. The van der Waals surface area contributed by atoms with Crippen molar-refractivity contribution in [3.63, 3.8) is 0 Å². The Hall–Kier alpha value is -2.81. The van der Waals surface area contributed by atoms with Crippen LogP contribution in [-0.2, 0) is 6.42 Å². The maximum absolute atomic E-state index is 13.2. The van der Waals surface area contributed by atoms with Crippen molar-refractivity contribution in [1.29, 1.82) is 0 Å². The first kappa shape index (κ1) is 18.0. The molecule has 0 radical (unpaired) electrons. The average Bonchev–Trinajstić information content (AvgIpc) is 2.61. The topological polar surface area (TPSA) is 39.4 Å². The number of fused-ring (bicyclic) bond motifs is 2. The maximum atomic E-state index is 13.2. The van der Waals surface area contributed by atoms with Gasteiger partial charge in [0.15, 0.2) is 0 Å². The predicted octanol–water partition coefficient (Wildman–Crippen LogP) is 5.80. The van der Waals surface area contributed by atoms with Crippen LogP contribution in [0.5, 0.6) is 5.75 Å². The Bertz CT molecular complexity index is 1060. The maximum Gasteiger partial charge on any atom is 0.200 e. The number of hydrogen-bond acceptors (Lipinski definition) is 3. The Labute approximate surface area is 153 Å². The molecule has 0 unspecified atom stereocenters. The van der Waals surface area contributed by atoms with Gasteiger partial charge in [-0.15, -0.1) is 0 Å². The number of allylic oxidation sites excluding steroid dienone is 2. The molecule has 0 aliphatic rings. The minimum atomic E-state index is -0.537. The first-order chi connectivity index (χ1) is 12.3. The number of ether oxygens (including phenoxy) is 1. The van der Waals surface area contributed by atoms with Crippen LogP contribution in [0.2, 0.25) is 0 Å². The zero-order valence-electron chi connectivity index (χ0n) is 15.8. The van der Waals surface area contributed by atoms with Gasteiger partial charge in [-0.05, 0) is 64.5 Å². The fraction of sp³-hybridized carbons (Fsp3) is 0.261. The fourth-order valence-corrected chi connectivity index (χ4v) is 2.87. The van der Waals surface area contributed by atoms with Crippen molar-refractivity contribution in [1.82, 2.24) is 0 Å². The molecule has 0 bridgehead atoms. The summed E-state index contributed by atoms with van der Waals surface area (Å²) in [5, 5.41) is 1.16. The number of hydrogen-bond donors (Lipinski definition) is 0. The van der Waals surface area contributed by atoms with Gasteiger partial charge in [0.2, 0.25) is 5.43 Å². The molecule has 1 heterocycles. The van der Waals surface area contributed by atoms with Crippen LogP contribution >= 0.6 is 0 Å². The highest BCUT2D eigenvalue weighted by Gasteiger charge is 2.20. The highest BCUT2D eigenvalue weighted by molar-refractivity contribution is 5.92. The van der Waals surface area contributed by atoms with Crippen molar-refractivity contribution in [2.45, 2.75) is 39.7 Å². The summed E-state index contributed by atoms with van der Waals surface area (Å²) in [6.07, 6.45) is 4.45. The van der Waals surface area contributed by atoms with E-state index < -0.39 is 5.60 Å². The summed E-state index contributed by atoms with van der Waals surface area (Å²) < 4.78 is 12.2. The highest BCUT2D eigenvalue weighted by atomic mass is 16.5. The third kappa shape index (κ3) is 3.43. The van der Waals surface area contributed by atoms with Crippen LogP contribution in [0.25, 0.3) is 21.9 Å². The first-order valence-electron chi connectivity index (χ1n) is 8.76. The smallest absolute Gasteiger partial charge is 0.200 e. The van der Waals surface area contributed by atoms with Crippen LogP contribution in [0.15, 0.2) is 69.9 Å². The molecule has 0 amide bonds. The van der Waals surface area contributed by atoms with Crippen molar-refractivity contribution in [2.75, 3.05) is 0 Å². The van der Waals surface area contributed by atoms with Crippen LogP contribution in [0.1, 0.15) is 33.3 Å². The Balaban J connectivity index is 2.34. The van der Waals surface area contributed by atoms with Gasteiger partial charge in [0.25, 0.3) is 0 Å². The average molecular weight is 348 g/mol. The van der Waals surface area contributed by atoms with E-state index in [-0.39, 0.29) is 5.43 Å². The molecule has 2 aromatic carbocycles. The standard InChI is InChI=1S/C23H24O3/c1-6-23(4,5)26-19-13-14-20-21(16(19)12-11-15(2)3)22(24)17-9-7-8-10-18(17)25-20/h6-11,13-14H,1,12H2,2-5H3. The second-order valence-electron chi connectivity index (χ2n) is 7.24. The summed E-state index contributed by atoms with van der Waals surface area (Å²) in [5.74, 6) is 0.683. The number of para-hydroxylation sites is 1. The van der Waals surface area contributed by atoms with Gasteiger partial charge >= 0.3 is 0 Å². The molecule has 0 fully saturated rings. The van der Waals surface area contributed by atoms with E-state index in [9.17, 15) is 4.79 Å². The van der Waals surface area contributed by atoms with Gasteiger partial charge in [-0.2, -0.15) is 0 Å². The van der Waals surface area contributed by atoms with Gasteiger partial charge in [0.05, 0.1) is 10.8 Å². The summed E-state index contributed by atoms with van der Waals surface area (Å²) >= 11 is 0. The molecule has 3 aromatic rings. The molecular weight excluding hydrogens is 324 g/mol. The molecule has 3 nitrogen and oxygen atoms in total. The van der Waals surface area contributed by atoms with E-state index >= 15 is 0 Å². The van der Waals surface area contributed by atoms with Crippen molar-refractivity contribution in [3.05, 3.63) is 76.5 Å². The molecule has 0 atom stereocenters. The molecule has 0 aliphatic carbocycles. The molecule has 0 spiro atoms. The van der Waals surface area contributed by atoms with E-state index in [4.69, 9.17) is 9.15 Å². The van der Waals surface area contributed by atoms with Crippen LogP contribution in [0.3, 0.4) is 0 Å². The Morgan fingerprint density at radius 1 is 1.15 bits per heavy atom. The highest BCUT2D eigenvalue weighted by Crippen LogP contribution is 2.32. The lowest BCUT2D eigenvalue weighted by atomic mass is 10.0. The van der Waals surface area contributed by atoms with Gasteiger partial charge < -0.3 is 9.15 Å². The summed E-state index contributed by atoms with van der Waals surface area (Å²) in [7, 11) is 0. The third-order valence-corrected chi connectivity index (χ3v) is 4.39. The van der Waals surface area contributed by atoms with Gasteiger partial charge in [0.1, 0.15) is 22.5 Å². The molecule has 0 saturated heterocycles. The summed E-state index contributed by atoms with van der Waals surface area (Å²) in [5.41, 5.74) is 2.64. The minimum absolute atomic E-state index is 0.0270. The van der Waals surface area contributed by atoms with Crippen molar-refractivity contribution in [2.24, 2.45) is 0 Å². The Morgan fingerprint density at radius 2 is 1.88 bits per heavy atom. The van der Waals surface area contributed by atoms with Gasteiger partial charge in [0, 0.05) is 5.56 Å². The van der Waals surface area contributed by atoms with E-state index in [1.54, 1.807) is 12.1 Å². The lowest BCUT2D eigenvalue weighted by molar-refractivity contribution is 0.161. The molecule has 134 valence electrons. The number of rotatable bonds is 5. The third-order valence-electron chi connectivity index (χ3n) is 4.39. The lowest BCUT2D eigenvalue weighted by Gasteiger charge is -2.24. The molecule has 26 heavy (non-hydrogen) atoms. The zero-order chi connectivity index (χ0) is 18.9. The van der Waals surface area contributed by atoms with Gasteiger partial charge in [-0.1, -0.05) is 30.4 Å². The SMILES string of the molecule is C=CC(C)(C)Oc1ccc2oc3ccccc3c(=O)c2c1CC=C(C)C. The van der Waals surface area contributed by atoms with E-state index in [2.05, 4.69) is 12.7 Å². The first-order valence-corrected chi connectivity index (χ1v) is 8.76. The quantitative estimate of drug-likeness (QED) is 0.432. The summed E-state index contributed by atoms with van der Waals surface area (Å²) in [6, 6.07) is 11.0. The Morgan fingerprint density at radius 3 is 2.58 bits per heavy atom. The van der Waals surface area contributed by atoms with Crippen LogP contribution in [0, 0.1) is 0 Å². The zero-order valence-corrected chi connectivity index (χ0v) is 15.8. The van der Waals surface area contributed by atoms with E-state index in [0.29, 0.717) is 34.1 Å². The fourth-order valence-electron chi connectivity index (χ4n) is 2.87. The predicted molar refractivity (Wildman–Crippen MR) is 108 cm³/mol. The van der Waals surface area contributed by atoms with Crippen molar-refractivity contribution >= 4 is 21.9 Å². The van der Waals surface area contributed by atoms with Gasteiger partial charge in [-0.3, -0.25) is 4.79 Å². The van der Waals surface area contributed by atoms with E-state index in [1.807, 2.05) is 58.0 Å². The largest absolute Gasteiger partial charge is 0.483 e. The molecule has 1 aromatic heterocycles. The lowest BCUT2D eigenvalue weighted by Crippen LogP contribution is -2.25. The van der Waals surface area contributed by atoms with Crippen molar-refractivity contribution < 1.29 is 9.15 Å². The minimum Gasteiger partial charge on any atom is -0.483 e. The second kappa shape index (κ2) is 6.83. The molecule has 0 N–H and O–H groups in total. The molecule has 0 aliphatic heterocycles. The van der Waals surface area contributed by atoms with Gasteiger partial charge in [-0.25, -0.2) is 0 Å². The summed E-state index contributed by atoms with van der Waals surface area (Å²) in [4.78, 5) is 13.2. The van der Waals surface area contributed by atoms with E-state index in [1.165, 1.54) is 5.57 Å². The molecule has 3 rings (SSSR count). The van der Waals surface area contributed by atoms with Crippen LogP contribution in [0.4, 0.5) is 0 Å². The van der Waals surface area contributed by atoms with Crippen LogP contribution < -0.4 is 10.2 Å². The molecular formula is C23H24O3. The normalized spacial score (nSPS) is 11.5. The van der Waals surface area contributed by atoms with Crippen LogP contribution in [-0.4, -0.2) is 5.60 Å². The molecule has 3 heteroatoms. The molecule has 0 saturated carbocycles. The van der Waals surface area contributed by atoms with E-state index in [0.717, 1.165) is 5.56 Å².